The van der Waals surface area contributed by atoms with Gasteiger partial charge in [-0.25, -0.2) is 0 Å². The van der Waals surface area contributed by atoms with E-state index < -0.39 is 0 Å². The second kappa shape index (κ2) is 5.17. The Labute approximate surface area is 105 Å². The molecule has 2 aromatic rings. The monoisotopic (exact) mass is 248 g/mol. The highest BCUT2D eigenvalue weighted by molar-refractivity contribution is 6.33. The fraction of sp³-hybridized carbons (Fsp3) is 0.154. The number of halogens is 1. The molecule has 0 bridgehead atoms. The SMILES string of the molecule is COc1cccnc1-c1ccc(CN)cc1Cl. The van der Waals surface area contributed by atoms with E-state index in [1.165, 1.54) is 0 Å². The molecule has 0 amide bonds. The zero-order valence-electron chi connectivity index (χ0n) is 9.48. The lowest BCUT2D eigenvalue weighted by Crippen LogP contribution is -1.97. The highest BCUT2D eigenvalue weighted by Gasteiger charge is 2.10. The minimum atomic E-state index is 0.472. The average Bonchev–Trinajstić information content (AvgIpc) is 2.38. The third-order valence-corrected chi connectivity index (χ3v) is 2.83. The minimum Gasteiger partial charge on any atom is -0.494 e. The highest BCUT2D eigenvalue weighted by atomic mass is 35.5. The van der Waals surface area contributed by atoms with Gasteiger partial charge in [-0.3, -0.25) is 4.98 Å². The first-order valence-electron chi connectivity index (χ1n) is 5.24. The first-order valence-corrected chi connectivity index (χ1v) is 5.62. The number of aromatic nitrogens is 1. The van der Waals surface area contributed by atoms with E-state index in [2.05, 4.69) is 4.98 Å². The van der Waals surface area contributed by atoms with Gasteiger partial charge in [0.05, 0.1) is 12.1 Å². The topological polar surface area (TPSA) is 48.1 Å². The molecule has 17 heavy (non-hydrogen) atoms. The number of hydrogen-bond donors (Lipinski definition) is 1. The predicted molar refractivity (Wildman–Crippen MR) is 69.1 cm³/mol. The van der Waals surface area contributed by atoms with E-state index in [1.807, 2.05) is 30.3 Å². The molecule has 0 fully saturated rings. The summed E-state index contributed by atoms with van der Waals surface area (Å²) >= 11 is 6.22. The van der Waals surface area contributed by atoms with Crippen molar-refractivity contribution in [3.63, 3.8) is 0 Å². The Morgan fingerprint density at radius 3 is 2.82 bits per heavy atom. The Morgan fingerprint density at radius 2 is 2.18 bits per heavy atom. The van der Waals surface area contributed by atoms with Gasteiger partial charge >= 0.3 is 0 Å². The summed E-state index contributed by atoms with van der Waals surface area (Å²) in [7, 11) is 1.61. The fourth-order valence-electron chi connectivity index (χ4n) is 1.64. The van der Waals surface area contributed by atoms with Crippen molar-refractivity contribution < 1.29 is 4.74 Å². The van der Waals surface area contributed by atoms with Crippen molar-refractivity contribution in [2.24, 2.45) is 5.73 Å². The largest absolute Gasteiger partial charge is 0.494 e. The molecule has 0 aliphatic carbocycles. The lowest BCUT2D eigenvalue weighted by Gasteiger charge is -2.09. The van der Waals surface area contributed by atoms with E-state index in [9.17, 15) is 0 Å². The van der Waals surface area contributed by atoms with Crippen LogP contribution in [0.25, 0.3) is 11.3 Å². The van der Waals surface area contributed by atoms with E-state index in [1.54, 1.807) is 13.3 Å². The van der Waals surface area contributed by atoms with Crippen LogP contribution in [0.4, 0.5) is 0 Å². The minimum absolute atomic E-state index is 0.472. The van der Waals surface area contributed by atoms with Crippen molar-refractivity contribution in [1.29, 1.82) is 0 Å². The van der Waals surface area contributed by atoms with Gasteiger partial charge in [0.2, 0.25) is 0 Å². The highest BCUT2D eigenvalue weighted by Crippen LogP contribution is 2.33. The van der Waals surface area contributed by atoms with Crippen LogP contribution in [0, 0.1) is 0 Å². The molecule has 4 heteroatoms. The van der Waals surface area contributed by atoms with Crippen LogP contribution in [-0.4, -0.2) is 12.1 Å². The van der Waals surface area contributed by atoms with E-state index in [4.69, 9.17) is 22.1 Å². The van der Waals surface area contributed by atoms with Gasteiger partial charge in [0, 0.05) is 18.3 Å². The van der Waals surface area contributed by atoms with E-state index in [0.29, 0.717) is 17.3 Å². The van der Waals surface area contributed by atoms with E-state index in [0.717, 1.165) is 16.8 Å². The third kappa shape index (κ3) is 2.40. The number of benzene rings is 1. The molecular weight excluding hydrogens is 236 g/mol. The molecule has 3 nitrogen and oxygen atoms in total. The summed E-state index contributed by atoms with van der Waals surface area (Å²) in [4.78, 5) is 4.30. The van der Waals surface area contributed by atoms with Gasteiger partial charge in [0.25, 0.3) is 0 Å². The Bertz CT molecular complexity index is 529. The van der Waals surface area contributed by atoms with Crippen LogP contribution in [0.3, 0.4) is 0 Å². The number of methoxy groups -OCH3 is 1. The lowest BCUT2D eigenvalue weighted by molar-refractivity contribution is 0.415. The molecule has 88 valence electrons. The first kappa shape index (κ1) is 11.9. The molecule has 0 atom stereocenters. The van der Waals surface area contributed by atoms with Crippen LogP contribution < -0.4 is 10.5 Å². The number of ether oxygens (including phenoxy) is 1. The molecule has 0 unspecified atom stereocenters. The van der Waals surface area contributed by atoms with Gasteiger partial charge < -0.3 is 10.5 Å². The van der Waals surface area contributed by atoms with Crippen LogP contribution in [0.2, 0.25) is 5.02 Å². The van der Waals surface area contributed by atoms with E-state index in [-0.39, 0.29) is 0 Å². The van der Waals surface area contributed by atoms with Crippen molar-refractivity contribution in [3.8, 4) is 17.0 Å². The van der Waals surface area contributed by atoms with Crippen LogP contribution in [-0.2, 0) is 6.54 Å². The second-order valence-corrected chi connectivity index (χ2v) is 3.98. The maximum Gasteiger partial charge on any atom is 0.145 e. The van der Waals surface area contributed by atoms with Crippen LogP contribution >= 0.6 is 11.6 Å². The Balaban J connectivity index is 2.53. The molecule has 0 saturated carbocycles. The zero-order chi connectivity index (χ0) is 12.3. The summed E-state index contributed by atoms with van der Waals surface area (Å²) in [5.41, 5.74) is 8.15. The molecular formula is C13H13ClN2O. The summed E-state index contributed by atoms with van der Waals surface area (Å²) < 4.78 is 5.27. The van der Waals surface area contributed by atoms with Crippen molar-refractivity contribution in [2.75, 3.05) is 7.11 Å². The number of pyridine rings is 1. The molecule has 0 radical (unpaired) electrons. The molecule has 0 aliphatic rings. The molecule has 1 aromatic carbocycles. The smallest absolute Gasteiger partial charge is 0.145 e. The molecule has 2 N–H and O–H groups in total. The quantitative estimate of drug-likeness (QED) is 0.909. The maximum absolute atomic E-state index is 6.22. The second-order valence-electron chi connectivity index (χ2n) is 3.57. The summed E-state index contributed by atoms with van der Waals surface area (Å²) in [5, 5.41) is 0.630. The summed E-state index contributed by atoms with van der Waals surface area (Å²) in [6, 6.07) is 9.38. The number of nitrogens with two attached hydrogens (primary N) is 1. The molecule has 0 aliphatic heterocycles. The maximum atomic E-state index is 6.22. The number of hydrogen-bond acceptors (Lipinski definition) is 3. The van der Waals surface area contributed by atoms with Crippen molar-refractivity contribution in [3.05, 3.63) is 47.1 Å². The van der Waals surface area contributed by atoms with Gasteiger partial charge in [-0.05, 0) is 23.8 Å². The van der Waals surface area contributed by atoms with Gasteiger partial charge in [0.1, 0.15) is 11.4 Å². The number of nitrogens with zero attached hydrogens (tertiary/aromatic N) is 1. The zero-order valence-corrected chi connectivity index (χ0v) is 10.2. The van der Waals surface area contributed by atoms with Gasteiger partial charge in [-0.1, -0.05) is 23.7 Å². The summed E-state index contributed by atoms with van der Waals surface area (Å²) in [6.45, 7) is 0.472. The van der Waals surface area contributed by atoms with E-state index >= 15 is 0 Å². The Morgan fingerprint density at radius 1 is 1.35 bits per heavy atom. The van der Waals surface area contributed by atoms with Crippen LogP contribution in [0.15, 0.2) is 36.5 Å². The Hall–Kier alpha value is -1.58. The molecule has 0 spiro atoms. The van der Waals surface area contributed by atoms with Crippen molar-refractivity contribution in [2.45, 2.75) is 6.54 Å². The lowest BCUT2D eigenvalue weighted by atomic mass is 10.1. The third-order valence-electron chi connectivity index (χ3n) is 2.51. The molecule has 2 rings (SSSR count). The van der Waals surface area contributed by atoms with Gasteiger partial charge in [0.15, 0.2) is 0 Å². The normalized spacial score (nSPS) is 10.3. The molecule has 1 heterocycles. The van der Waals surface area contributed by atoms with Crippen molar-refractivity contribution >= 4 is 11.6 Å². The average molecular weight is 249 g/mol. The van der Waals surface area contributed by atoms with Gasteiger partial charge in [-0.2, -0.15) is 0 Å². The predicted octanol–water partition coefficient (Wildman–Crippen LogP) is 2.87. The van der Waals surface area contributed by atoms with Crippen LogP contribution in [0.1, 0.15) is 5.56 Å². The summed E-state index contributed by atoms with van der Waals surface area (Å²) in [6.07, 6.45) is 1.71. The summed E-state index contributed by atoms with van der Waals surface area (Å²) in [5.74, 6) is 0.704. The number of rotatable bonds is 3. The Kier molecular flexibility index (Phi) is 3.61. The standard InChI is InChI=1S/C13H13ClN2O/c1-17-12-3-2-6-16-13(12)10-5-4-9(8-15)7-11(10)14/h2-7H,8,15H2,1H3. The van der Waals surface area contributed by atoms with Crippen molar-refractivity contribution in [1.82, 2.24) is 4.98 Å². The molecule has 1 aromatic heterocycles. The molecule has 0 saturated heterocycles. The van der Waals surface area contributed by atoms with Gasteiger partial charge in [-0.15, -0.1) is 0 Å². The first-order chi connectivity index (χ1) is 8.26. The van der Waals surface area contributed by atoms with Crippen LogP contribution in [0.5, 0.6) is 5.75 Å². The fourth-order valence-corrected chi connectivity index (χ4v) is 1.93.